The van der Waals surface area contributed by atoms with Crippen molar-refractivity contribution >= 4 is 5.97 Å². The second kappa shape index (κ2) is 11.0. The van der Waals surface area contributed by atoms with Crippen LogP contribution in [0.4, 0.5) is 0 Å². The minimum absolute atomic E-state index is 0.148. The summed E-state index contributed by atoms with van der Waals surface area (Å²) in [7, 11) is 0. The largest absolute Gasteiger partial charge is 0.463 e. The van der Waals surface area contributed by atoms with Crippen molar-refractivity contribution < 1.29 is 19.0 Å². The fourth-order valence-corrected chi connectivity index (χ4v) is 0.809. The Bertz CT molecular complexity index is 200. The number of nitriles is 1. The zero-order valence-electron chi connectivity index (χ0n) is 9.03. The van der Waals surface area contributed by atoms with E-state index in [0.717, 1.165) is 0 Å². The van der Waals surface area contributed by atoms with Gasteiger partial charge in [-0.15, -0.1) is 0 Å². The minimum atomic E-state index is -0.357. The summed E-state index contributed by atoms with van der Waals surface area (Å²) in [5.74, 6) is -0.357. The summed E-state index contributed by atoms with van der Waals surface area (Å²) in [6.45, 7) is 4.24. The lowest BCUT2D eigenvalue weighted by Gasteiger charge is -2.05. The van der Waals surface area contributed by atoms with Crippen LogP contribution in [0.2, 0.25) is 0 Å². The van der Waals surface area contributed by atoms with Gasteiger partial charge in [0, 0.05) is 13.0 Å². The maximum atomic E-state index is 10.9. The van der Waals surface area contributed by atoms with Crippen LogP contribution in [0, 0.1) is 11.3 Å². The van der Waals surface area contributed by atoms with Crippen LogP contribution in [0.1, 0.15) is 19.8 Å². The van der Waals surface area contributed by atoms with Gasteiger partial charge in [0.2, 0.25) is 0 Å². The van der Waals surface area contributed by atoms with E-state index in [0.29, 0.717) is 26.4 Å². The summed E-state index contributed by atoms with van der Waals surface area (Å²) in [6.07, 6.45) is 0.347. The molecule has 0 N–H and O–H groups in total. The number of rotatable bonds is 9. The molecule has 86 valence electrons. The lowest BCUT2D eigenvalue weighted by atomic mass is 10.3. The molecule has 0 rings (SSSR count). The van der Waals surface area contributed by atoms with E-state index in [-0.39, 0.29) is 25.4 Å². The Morgan fingerprint density at radius 2 is 1.87 bits per heavy atom. The van der Waals surface area contributed by atoms with E-state index in [1.54, 1.807) is 0 Å². The summed E-state index contributed by atoms with van der Waals surface area (Å²) in [5, 5.41) is 8.21. The molecule has 15 heavy (non-hydrogen) atoms. The van der Waals surface area contributed by atoms with Crippen molar-refractivity contribution in [3.63, 3.8) is 0 Å². The van der Waals surface area contributed by atoms with E-state index in [4.69, 9.17) is 19.5 Å². The minimum Gasteiger partial charge on any atom is -0.463 e. The second-order valence-electron chi connectivity index (χ2n) is 2.69. The van der Waals surface area contributed by atoms with Gasteiger partial charge in [0.05, 0.1) is 32.3 Å². The average Bonchev–Trinajstić information content (AvgIpc) is 2.25. The van der Waals surface area contributed by atoms with Crippen molar-refractivity contribution in [2.24, 2.45) is 0 Å². The molecule has 0 aromatic rings. The van der Waals surface area contributed by atoms with Gasteiger partial charge in [-0.3, -0.25) is 4.79 Å². The average molecular weight is 215 g/mol. The SMILES string of the molecule is CCOCCOCCOC(=O)CCC#N. The van der Waals surface area contributed by atoms with Crippen LogP contribution in [0.15, 0.2) is 0 Å². The van der Waals surface area contributed by atoms with Gasteiger partial charge < -0.3 is 14.2 Å². The van der Waals surface area contributed by atoms with Crippen LogP contribution in [0.5, 0.6) is 0 Å². The van der Waals surface area contributed by atoms with Crippen molar-refractivity contribution in [1.29, 1.82) is 5.26 Å². The Labute approximate surface area is 89.9 Å². The highest BCUT2D eigenvalue weighted by Crippen LogP contribution is 1.91. The first-order valence-corrected chi connectivity index (χ1v) is 4.99. The molecule has 0 amide bonds. The number of hydrogen-bond acceptors (Lipinski definition) is 5. The fraction of sp³-hybridized carbons (Fsp3) is 0.800. The third-order valence-electron chi connectivity index (χ3n) is 1.51. The van der Waals surface area contributed by atoms with Gasteiger partial charge in [-0.05, 0) is 6.92 Å². The monoisotopic (exact) mass is 215 g/mol. The molecule has 0 bridgehead atoms. The van der Waals surface area contributed by atoms with E-state index >= 15 is 0 Å². The van der Waals surface area contributed by atoms with Gasteiger partial charge in [-0.1, -0.05) is 0 Å². The number of carbonyl (C=O) groups is 1. The molecule has 0 radical (unpaired) electrons. The van der Waals surface area contributed by atoms with Crippen LogP contribution in [-0.4, -0.2) is 39.0 Å². The van der Waals surface area contributed by atoms with Gasteiger partial charge in [-0.2, -0.15) is 5.26 Å². The van der Waals surface area contributed by atoms with Gasteiger partial charge in [0.25, 0.3) is 0 Å². The topological polar surface area (TPSA) is 68.6 Å². The Kier molecular flexibility index (Phi) is 10.1. The van der Waals surface area contributed by atoms with Crippen LogP contribution in [-0.2, 0) is 19.0 Å². The number of esters is 1. The predicted octanol–water partition coefficient (Wildman–Crippen LogP) is 0.886. The molecule has 0 spiro atoms. The highest BCUT2D eigenvalue weighted by molar-refractivity contribution is 5.69. The highest BCUT2D eigenvalue weighted by atomic mass is 16.6. The normalized spacial score (nSPS) is 9.60. The van der Waals surface area contributed by atoms with E-state index in [1.807, 2.05) is 13.0 Å². The molecule has 0 fully saturated rings. The molecule has 5 heteroatoms. The number of nitrogens with zero attached hydrogens (tertiary/aromatic N) is 1. The number of hydrogen-bond donors (Lipinski definition) is 0. The maximum absolute atomic E-state index is 10.9. The summed E-state index contributed by atoms with van der Waals surface area (Å²) in [6, 6.07) is 1.87. The Balaban J connectivity index is 3.10. The van der Waals surface area contributed by atoms with Gasteiger partial charge >= 0.3 is 5.97 Å². The number of ether oxygens (including phenoxy) is 3. The molecule has 5 nitrogen and oxygen atoms in total. The van der Waals surface area contributed by atoms with Gasteiger partial charge in [0.1, 0.15) is 6.61 Å². The van der Waals surface area contributed by atoms with Crippen molar-refractivity contribution in [2.75, 3.05) is 33.0 Å². The molecule has 0 aromatic carbocycles. The molecule has 0 aromatic heterocycles. The molecule has 0 aliphatic carbocycles. The van der Waals surface area contributed by atoms with Gasteiger partial charge in [-0.25, -0.2) is 0 Å². The first-order valence-electron chi connectivity index (χ1n) is 4.99. The number of carbonyl (C=O) groups excluding carboxylic acids is 1. The Hall–Kier alpha value is -1.12. The first kappa shape index (κ1) is 13.9. The van der Waals surface area contributed by atoms with Crippen LogP contribution in [0.3, 0.4) is 0 Å². The summed E-state index contributed by atoms with van der Waals surface area (Å²) in [4.78, 5) is 10.9. The van der Waals surface area contributed by atoms with Crippen molar-refractivity contribution in [1.82, 2.24) is 0 Å². The molecule has 0 aliphatic rings. The Morgan fingerprint density at radius 3 is 2.53 bits per heavy atom. The van der Waals surface area contributed by atoms with Crippen LogP contribution >= 0.6 is 0 Å². The third-order valence-corrected chi connectivity index (χ3v) is 1.51. The molecule has 0 atom stereocenters. The van der Waals surface area contributed by atoms with E-state index < -0.39 is 0 Å². The van der Waals surface area contributed by atoms with Gasteiger partial charge in [0.15, 0.2) is 0 Å². The lowest BCUT2D eigenvalue weighted by Crippen LogP contribution is -2.12. The standard InChI is InChI=1S/C10H17NO4/c1-2-13-6-7-14-8-9-15-10(12)4-3-5-11/h2-4,6-9H2,1H3. The molecule has 0 unspecified atom stereocenters. The summed E-state index contributed by atoms with van der Waals surface area (Å²) >= 11 is 0. The van der Waals surface area contributed by atoms with Crippen molar-refractivity contribution in [2.45, 2.75) is 19.8 Å². The van der Waals surface area contributed by atoms with Crippen molar-refractivity contribution in [3.05, 3.63) is 0 Å². The maximum Gasteiger partial charge on any atom is 0.306 e. The lowest BCUT2D eigenvalue weighted by molar-refractivity contribution is -0.145. The summed E-state index contributed by atoms with van der Waals surface area (Å²) < 4.78 is 15.0. The predicted molar refractivity (Wildman–Crippen MR) is 53.1 cm³/mol. The fourth-order valence-electron chi connectivity index (χ4n) is 0.809. The van der Waals surface area contributed by atoms with E-state index in [2.05, 4.69) is 0 Å². The zero-order valence-corrected chi connectivity index (χ0v) is 9.03. The highest BCUT2D eigenvalue weighted by Gasteiger charge is 2.00. The third kappa shape index (κ3) is 10.8. The van der Waals surface area contributed by atoms with Crippen LogP contribution < -0.4 is 0 Å². The molecule has 0 heterocycles. The quantitative estimate of drug-likeness (QED) is 0.422. The molecular formula is C10H17NO4. The first-order chi connectivity index (χ1) is 7.31. The molecular weight excluding hydrogens is 198 g/mol. The Morgan fingerprint density at radius 1 is 1.20 bits per heavy atom. The van der Waals surface area contributed by atoms with Crippen LogP contribution in [0.25, 0.3) is 0 Å². The molecule has 0 aliphatic heterocycles. The molecule has 0 saturated heterocycles. The second-order valence-corrected chi connectivity index (χ2v) is 2.69. The molecule has 0 saturated carbocycles. The summed E-state index contributed by atoms with van der Waals surface area (Å²) in [5.41, 5.74) is 0. The van der Waals surface area contributed by atoms with E-state index in [1.165, 1.54) is 0 Å². The van der Waals surface area contributed by atoms with Crippen molar-refractivity contribution in [3.8, 4) is 6.07 Å². The zero-order chi connectivity index (χ0) is 11.4. The van der Waals surface area contributed by atoms with E-state index in [9.17, 15) is 4.79 Å². The smallest absolute Gasteiger partial charge is 0.306 e.